The molecule has 0 aliphatic carbocycles. The van der Waals surface area contributed by atoms with E-state index in [0.29, 0.717) is 11.8 Å². The Morgan fingerprint density at radius 1 is 1.19 bits per heavy atom. The van der Waals surface area contributed by atoms with Crippen molar-refractivity contribution in [2.75, 3.05) is 11.4 Å². The third-order valence-electron chi connectivity index (χ3n) is 4.09. The Bertz CT molecular complexity index is 765. The maximum absolute atomic E-state index is 4.43. The van der Waals surface area contributed by atoms with Crippen molar-refractivity contribution in [1.29, 1.82) is 0 Å². The van der Waals surface area contributed by atoms with Gasteiger partial charge in [-0.25, -0.2) is 4.98 Å². The highest BCUT2D eigenvalue weighted by atomic mass is 15.4. The van der Waals surface area contributed by atoms with Gasteiger partial charge in [0.15, 0.2) is 0 Å². The van der Waals surface area contributed by atoms with Crippen LogP contribution in [0.2, 0.25) is 0 Å². The Morgan fingerprint density at radius 3 is 2.90 bits per heavy atom. The number of nitrogens with zero attached hydrogens (tertiary/aromatic N) is 5. The molecular weight excluding hydrogens is 262 g/mol. The molecular formula is C16H17N5. The lowest BCUT2D eigenvalue weighted by molar-refractivity contribution is 0.697. The van der Waals surface area contributed by atoms with Crippen LogP contribution in [0.1, 0.15) is 30.1 Å². The Morgan fingerprint density at radius 2 is 2.05 bits per heavy atom. The number of benzene rings is 1. The number of anilines is 1. The van der Waals surface area contributed by atoms with Gasteiger partial charge in [0, 0.05) is 18.3 Å². The molecule has 21 heavy (non-hydrogen) atoms. The number of aromatic nitrogens is 4. The van der Waals surface area contributed by atoms with Gasteiger partial charge in [-0.3, -0.25) is 0 Å². The van der Waals surface area contributed by atoms with Gasteiger partial charge in [-0.15, -0.1) is 0 Å². The summed E-state index contributed by atoms with van der Waals surface area (Å²) >= 11 is 0. The maximum Gasteiger partial charge on any atom is 0.254 e. The van der Waals surface area contributed by atoms with Crippen molar-refractivity contribution >= 4 is 11.6 Å². The van der Waals surface area contributed by atoms with Crippen molar-refractivity contribution in [3.63, 3.8) is 0 Å². The second-order valence-electron chi connectivity index (χ2n) is 5.49. The second-order valence-corrected chi connectivity index (χ2v) is 5.49. The molecule has 0 amide bonds. The number of aryl methyl sites for hydroxylation is 1. The highest BCUT2D eigenvalue weighted by Crippen LogP contribution is 2.35. The highest BCUT2D eigenvalue weighted by Gasteiger charge is 2.28. The van der Waals surface area contributed by atoms with Crippen LogP contribution in [0.3, 0.4) is 0 Å². The summed E-state index contributed by atoms with van der Waals surface area (Å²) < 4.78 is 1.84. The zero-order valence-electron chi connectivity index (χ0n) is 12.0. The summed E-state index contributed by atoms with van der Waals surface area (Å²) in [5.41, 5.74) is 2.34. The Kier molecular flexibility index (Phi) is 2.84. The zero-order valence-corrected chi connectivity index (χ0v) is 12.0. The third-order valence-corrected chi connectivity index (χ3v) is 4.09. The van der Waals surface area contributed by atoms with Crippen molar-refractivity contribution in [2.45, 2.75) is 25.8 Å². The first-order valence-electron chi connectivity index (χ1n) is 7.32. The molecule has 0 unspecified atom stereocenters. The summed E-state index contributed by atoms with van der Waals surface area (Å²) in [5.74, 6) is 1.75. The van der Waals surface area contributed by atoms with Gasteiger partial charge in [0.05, 0.1) is 6.04 Å². The van der Waals surface area contributed by atoms with E-state index in [1.165, 1.54) is 18.4 Å². The summed E-state index contributed by atoms with van der Waals surface area (Å²) in [6.07, 6.45) is 3.93. The Hall–Kier alpha value is -2.43. The molecule has 0 N–H and O–H groups in total. The molecule has 106 valence electrons. The van der Waals surface area contributed by atoms with Gasteiger partial charge in [-0.2, -0.15) is 14.6 Å². The van der Waals surface area contributed by atoms with Gasteiger partial charge < -0.3 is 4.90 Å². The van der Waals surface area contributed by atoms with E-state index in [1.54, 1.807) is 6.33 Å². The van der Waals surface area contributed by atoms with Crippen LogP contribution in [-0.4, -0.2) is 26.1 Å². The molecule has 5 nitrogen and oxygen atoms in total. The smallest absolute Gasteiger partial charge is 0.254 e. The highest BCUT2D eigenvalue weighted by molar-refractivity contribution is 5.50. The minimum Gasteiger partial charge on any atom is -0.349 e. The van der Waals surface area contributed by atoms with Gasteiger partial charge in [0.2, 0.25) is 0 Å². The normalized spacial score (nSPS) is 18.5. The second kappa shape index (κ2) is 4.84. The van der Waals surface area contributed by atoms with Crippen LogP contribution in [0.15, 0.2) is 42.7 Å². The van der Waals surface area contributed by atoms with E-state index >= 15 is 0 Å². The molecule has 1 aliphatic heterocycles. The van der Waals surface area contributed by atoms with E-state index in [4.69, 9.17) is 0 Å². The van der Waals surface area contributed by atoms with Crippen molar-refractivity contribution in [3.8, 4) is 0 Å². The average molecular weight is 279 g/mol. The van der Waals surface area contributed by atoms with Crippen LogP contribution in [0, 0.1) is 6.92 Å². The van der Waals surface area contributed by atoms with E-state index in [2.05, 4.69) is 56.4 Å². The first-order chi connectivity index (χ1) is 10.3. The maximum atomic E-state index is 4.43. The largest absolute Gasteiger partial charge is 0.349 e. The summed E-state index contributed by atoms with van der Waals surface area (Å²) in [6.45, 7) is 3.05. The molecule has 1 aliphatic rings. The minimum absolute atomic E-state index is 0.403. The molecule has 2 aromatic heterocycles. The Labute approximate surface area is 123 Å². The predicted octanol–water partition coefficient (Wildman–Crippen LogP) is 2.77. The standard InChI is InChI=1S/C16H17N5/c1-12-10-15(21-16(19-12)17-11-18-21)20-9-5-8-14(20)13-6-3-2-4-7-13/h2-4,6-7,10-11,14H,5,8-9H2,1H3/t14-/m0/s1. The SMILES string of the molecule is Cc1cc(N2CCC[C@H]2c2ccccc2)n2ncnc2n1. The predicted molar refractivity (Wildman–Crippen MR) is 81.3 cm³/mol. The molecule has 1 fully saturated rings. The quantitative estimate of drug-likeness (QED) is 0.723. The van der Waals surface area contributed by atoms with E-state index < -0.39 is 0 Å². The molecule has 0 radical (unpaired) electrons. The first kappa shape index (κ1) is 12.3. The lowest BCUT2D eigenvalue weighted by Gasteiger charge is -2.27. The molecule has 3 heterocycles. The van der Waals surface area contributed by atoms with Crippen LogP contribution in [0.4, 0.5) is 5.82 Å². The fourth-order valence-electron chi connectivity index (χ4n) is 3.18. The monoisotopic (exact) mass is 279 g/mol. The molecule has 3 aromatic rings. The van der Waals surface area contributed by atoms with E-state index in [9.17, 15) is 0 Å². The van der Waals surface area contributed by atoms with Crippen LogP contribution < -0.4 is 4.90 Å². The summed E-state index contributed by atoms with van der Waals surface area (Å²) in [5, 5.41) is 4.33. The van der Waals surface area contributed by atoms with E-state index in [0.717, 1.165) is 18.1 Å². The summed E-state index contributed by atoms with van der Waals surface area (Å²) in [6, 6.07) is 13.2. The molecule has 5 heteroatoms. The van der Waals surface area contributed by atoms with E-state index in [-0.39, 0.29) is 0 Å². The van der Waals surface area contributed by atoms with Gasteiger partial charge in [-0.05, 0) is 25.3 Å². The Balaban J connectivity index is 1.82. The van der Waals surface area contributed by atoms with Gasteiger partial charge in [-0.1, -0.05) is 30.3 Å². The topological polar surface area (TPSA) is 46.3 Å². The third kappa shape index (κ3) is 2.05. The van der Waals surface area contributed by atoms with Gasteiger partial charge >= 0.3 is 0 Å². The fraction of sp³-hybridized carbons (Fsp3) is 0.312. The number of rotatable bonds is 2. The molecule has 0 saturated carbocycles. The summed E-state index contributed by atoms with van der Waals surface area (Å²) in [7, 11) is 0. The van der Waals surface area contributed by atoms with Gasteiger partial charge in [0.1, 0.15) is 12.1 Å². The van der Waals surface area contributed by atoms with Crippen molar-refractivity contribution in [3.05, 3.63) is 54.0 Å². The van der Waals surface area contributed by atoms with Crippen LogP contribution >= 0.6 is 0 Å². The van der Waals surface area contributed by atoms with Gasteiger partial charge in [0.25, 0.3) is 5.78 Å². The molecule has 0 bridgehead atoms. The minimum atomic E-state index is 0.403. The molecule has 1 aromatic carbocycles. The molecule has 4 rings (SSSR count). The van der Waals surface area contributed by atoms with Crippen molar-refractivity contribution in [2.24, 2.45) is 0 Å². The number of fused-ring (bicyclic) bond motifs is 1. The molecule has 1 saturated heterocycles. The lowest BCUT2D eigenvalue weighted by Crippen LogP contribution is -2.25. The zero-order chi connectivity index (χ0) is 14.2. The number of hydrogen-bond donors (Lipinski definition) is 0. The summed E-state index contributed by atoms with van der Waals surface area (Å²) in [4.78, 5) is 11.1. The molecule has 0 spiro atoms. The average Bonchev–Trinajstić information content (AvgIpc) is 3.16. The van der Waals surface area contributed by atoms with Crippen LogP contribution in [-0.2, 0) is 0 Å². The van der Waals surface area contributed by atoms with Crippen LogP contribution in [0.5, 0.6) is 0 Å². The van der Waals surface area contributed by atoms with Crippen LogP contribution in [0.25, 0.3) is 5.78 Å². The van der Waals surface area contributed by atoms with E-state index in [1.807, 2.05) is 11.4 Å². The lowest BCUT2D eigenvalue weighted by atomic mass is 10.0. The number of hydrogen-bond acceptors (Lipinski definition) is 4. The van der Waals surface area contributed by atoms with Crippen molar-refractivity contribution < 1.29 is 0 Å². The molecule has 1 atom stereocenters. The first-order valence-corrected chi connectivity index (χ1v) is 7.32. The van der Waals surface area contributed by atoms with Crippen molar-refractivity contribution in [1.82, 2.24) is 19.6 Å². The fourth-order valence-corrected chi connectivity index (χ4v) is 3.18.